The number of benzene rings is 6. The summed E-state index contributed by atoms with van der Waals surface area (Å²) in [6, 6.07) is 43.6. The van der Waals surface area contributed by atoms with Crippen molar-refractivity contribution in [1.29, 1.82) is 0 Å². The molecule has 0 unspecified atom stereocenters. The minimum atomic E-state index is -4.70. The highest BCUT2D eigenvalue weighted by atomic mass is 32.2. The number of rotatable bonds is 15. The highest BCUT2D eigenvalue weighted by Crippen LogP contribution is 2.59. The van der Waals surface area contributed by atoms with Gasteiger partial charge in [-0.15, -0.1) is 0 Å². The monoisotopic (exact) mass is 1080 g/mol. The fourth-order valence-corrected chi connectivity index (χ4v) is 16.6. The Kier molecular flexibility index (Phi) is 16.9. The lowest BCUT2D eigenvalue weighted by atomic mass is 9.50. The smallest absolute Gasteiger partial charge is 0.420 e. The third kappa shape index (κ3) is 12.4. The summed E-state index contributed by atoms with van der Waals surface area (Å²) in [6.45, 7) is 6.48. The van der Waals surface area contributed by atoms with Gasteiger partial charge >= 0.3 is 24.3 Å². The lowest BCUT2D eigenvalue weighted by Gasteiger charge is -2.59. The van der Waals surface area contributed by atoms with Crippen LogP contribution in [0.25, 0.3) is 0 Å². The topological polar surface area (TPSA) is 71.1 Å². The maximum absolute atomic E-state index is 14.4. The van der Waals surface area contributed by atoms with Gasteiger partial charge in [0.1, 0.15) is 35.8 Å². The van der Waals surface area contributed by atoms with Gasteiger partial charge in [0.2, 0.25) is 0 Å². The molecular formula is C62H64F6O6S2+2. The van der Waals surface area contributed by atoms with E-state index in [1.807, 2.05) is 128 Å². The molecule has 0 atom stereocenters. The quantitative estimate of drug-likeness (QED) is 0.0442. The van der Waals surface area contributed by atoms with Crippen molar-refractivity contribution in [2.45, 2.75) is 145 Å². The first-order chi connectivity index (χ1) is 36.3. The zero-order chi connectivity index (χ0) is 53.8. The Morgan fingerprint density at radius 1 is 0.513 bits per heavy atom. The first kappa shape index (κ1) is 55.2. The second-order valence-electron chi connectivity index (χ2n) is 20.9. The first-order valence-electron chi connectivity index (χ1n) is 26.2. The molecule has 0 aromatic heterocycles. The van der Waals surface area contributed by atoms with Gasteiger partial charge in [0, 0.05) is 24.3 Å². The number of hydrogen-bond acceptors (Lipinski definition) is 6. The number of halogens is 6. The maximum atomic E-state index is 14.4. The molecule has 0 aliphatic heterocycles. The summed E-state index contributed by atoms with van der Waals surface area (Å²) in [5, 5.41) is 0. The van der Waals surface area contributed by atoms with E-state index in [9.17, 15) is 35.9 Å². The van der Waals surface area contributed by atoms with Crippen LogP contribution in [0.3, 0.4) is 0 Å². The summed E-state index contributed by atoms with van der Waals surface area (Å²) in [6.07, 6.45) is 0.842. The van der Waals surface area contributed by atoms with Gasteiger partial charge in [-0.05, 0) is 155 Å². The van der Waals surface area contributed by atoms with Crippen LogP contribution in [0, 0.1) is 37.5 Å². The third-order valence-corrected chi connectivity index (χ3v) is 20.2. The van der Waals surface area contributed by atoms with E-state index in [2.05, 4.69) is 6.92 Å². The molecule has 6 nitrogen and oxygen atoms in total. The first-order valence-corrected chi connectivity index (χ1v) is 28.6. The third-order valence-electron chi connectivity index (χ3n) is 15.8. The van der Waals surface area contributed by atoms with Gasteiger partial charge in [0.05, 0.1) is 33.0 Å². The molecule has 0 N–H and O–H groups in total. The van der Waals surface area contributed by atoms with Gasteiger partial charge in [-0.25, -0.2) is 9.59 Å². The molecule has 5 saturated carbocycles. The summed E-state index contributed by atoms with van der Waals surface area (Å²) in [5.74, 6) is -0.209. The number of esters is 2. The normalized spacial score (nSPS) is 21.6. The summed E-state index contributed by atoms with van der Waals surface area (Å²) < 4.78 is 109. The van der Waals surface area contributed by atoms with E-state index in [4.69, 9.17) is 18.9 Å². The van der Waals surface area contributed by atoms with Gasteiger partial charge < -0.3 is 18.9 Å². The zero-order valence-electron chi connectivity index (χ0n) is 43.2. The lowest BCUT2D eigenvalue weighted by Crippen LogP contribution is -2.57. The predicted molar refractivity (Wildman–Crippen MR) is 283 cm³/mol. The molecule has 14 heteroatoms. The van der Waals surface area contributed by atoms with E-state index in [-0.39, 0.29) is 29.9 Å². The molecule has 5 fully saturated rings. The second-order valence-corrected chi connectivity index (χ2v) is 24.9. The largest absolute Gasteiger partial charge is 0.424 e. The summed E-state index contributed by atoms with van der Waals surface area (Å²) in [5.41, 5.74) is -2.18. The molecule has 0 radical (unpaired) electrons. The van der Waals surface area contributed by atoms with Crippen molar-refractivity contribution in [2.24, 2.45) is 23.7 Å². The molecule has 0 amide bonds. The van der Waals surface area contributed by atoms with Crippen LogP contribution in [0.5, 0.6) is 11.5 Å². The molecule has 0 spiro atoms. The number of carbonyl (C=O) groups excluding carboxylic acids is 2. The van der Waals surface area contributed by atoms with Crippen LogP contribution in [-0.4, -0.2) is 36.4 Å². The second kappa shape index (κ2) is 23.2. The average Bonchev–Trinajstić information content (AvgIpc) is 3.98. The highest BCUT2D eigenvalue weighted by molar-refractivity contribution is 7.97. The van der Waals surface area contributed by atoms with Gasteiger partial charge in [0.25, 0.3) is 0 Å². The van der Waals surface area contributed by atoms with Gasteiger partial charge in [0.15, 0.2) is 29.4 Å². The molecule has 0 heterocycles. The van der Waals surface area contributed by atoms with Crippen LogP contribution in [0.2, 0.25) is 0 Å². The van der Waals surface area contributed by atoms with E-state index in [1.54, 1.807) is 26.0 Å². The van der Waals surface area contributed by atoms with E-state index in [0.29, 0.717) is 21.6 Å². The molecule has 6 aromatic carbocycles. The Bertz CT molecular complexity index is 2840. The summed E-state index contributed by atoms with van der Waals surface area (Å²) in [7, 11) is -1.54. The summed E-state index contributed by atoms with van der Waals surface area (Å²) in [4.78, 5) is 30.2. The van der Waals surface area contributed by atoms with Crippen LogP contribution in [0.4, 0.5) is 26.3 Å². The van der Waals surface area contributed by atoms with Crippen molar-refractivity contribution in [3.63, 3.8) is 0 Å². The minimum Gasteiger partial charge on any atom is -0.424 e. The fourth-order valence-electron chi connectivity index (χ4n) is 12.1. The van der Waals surface area contributed by atoms with Crippen molar-refractivity contribution in [3.05, 3.63) is 168 Å². The highest BCUT2D eigenvalue weighted by Gasteiger charge is 2.56. The van der Waals surface area contributed by atoms with Crippen molar-refractivity contribution in [2.75, 3.05) is 13.2 Å². The molecule has 6 aromatic rings. The number of hydrogen-bond donors (Lipinski definition) is 0. The Morgan fingerprint density at radius 3 is 1.18 bits per heavy atom. The molecule has 4 bridgehead atoms. The zero-order valence-corrected chi connectivity index (χ0v) is 44.8. The predicted octanol–water partition coefficient (Wildman–Crippen LogP) is 16.0. The molecule has 11 rings (SSSR count). The summed E-state index contributed by atoms with van der Waals surface area (Å²) >= 11 is 0. The van der Waals surface area contributed by atoms with Crippen LogP contribution >= 0.6 is 0 Å². The van der Waals surface area contributed by atoms with Crippen LogP contribution in [0.1, 0.15) is 100 Å². The maximum Gasteiger partial charge on any atom is 0.420 e. The Labute approximate surface area is 447 Å². The van der Waals surface area contributed by atoms with Crippen molar-refractivity contribution < 1.29 is 54.9 Å². The average molecular weight is 1080 g/mol. The van der Waals surface area contributed by atoms with Crippen molar-refractivity contribution >= 4 is 33.7 Å². The molecular weight excluding hydrogens is 1020 g/mol. The van der Waals surface area contributed by atoms with Gasteiger partial charge in [-0.2, -0.15) is 26.3 Å². The molecule has 400 valence electrons. The van der Waals surface area contributed by atoms with Crippen LogP contribution < -0.4 is 9.47 Å². The Balaban J connectivity index is 0.000000187. The number of carbonyl (C=O) groups is 2. The van der Waals surface area contributed by atoms with Crippen molar-refractivity contribution in [1.82, 2.24) is 0 Å². The lowest BCUT2D eigenvalue weighted by molar-refractivity contribution is -0.199. The number of aryl methyl sites for hydroxylation is 2. The van der Waals surface area contributed by atoms with E-state index in [1.165, 1.54) is 6.42 Å². The van der Waals surface area contributed by atoms with Crippen LogP contribution in [-0.2, 0) is 53.2 Å². The molecule has 0 saturated heterocycles. The number of ether oxygens (including phenoxy) is 4. The fraction of sp³-hybridized carbons (Fsp3) is 0.387. The molecule has 76 heavy (non-hydrogen) atoms. The Hall–Kier alpha value is -5.54. The van der Waals surface area contributed by atoms with E-state index < -0.39 is 74.3 Å². The minimum absolute atomic E-state index is 0.253. The standard InChI is InChI=1S/C33H34F3O3S.C29H30F3O3S/c1-21-13-28(40(26-9-5-3-6-10-26)27-11-7-4-8-12-27)19-29(33(34,35)36)31(21)39-30(37)20-38-32(2)24-15-22-14-23(17-24)18-25(32)16-22;1-3-28(16-10-11-17-28)34-20-26(33)35-27-21(2)18-24(19-25(27)29(30,31)32)36(22-12-6-4-7-13-22)23-14-8-5-9-15-23/h3-13,19,22-25H,14-18,20H2,1-2H3;4-9,12-15,18-19H,3,10-11,16-17,20H2,1-2H3/q2*+1. The molecule has 5 aliphatic rings. The van der Waals surface area contributed by atoms with Gasteiger partial charge in [-0.3, -0.25) is 0 Å². The van der Waals surface area contributed by atoms with E-state index >= 15 is 0 Å². The number of alkyl halides is 6. The molecule has 5 aliphatic carbocycles. The Morgan fingerprint density at radius 2 is 0.855 bits per heavy atom. The SMILES string of the molecule is CCC1(OCC(=O)Oc2c(C)cc([S+](c3ccccc3)c3ccccc3)cc2C(F)(F)F)CCCC1.Cc1cc([S+](c2ccccc2)c2ccccc2)cc(C(F)(F)F)c1OC(=O)COC1(C)C2CC3CC(C2)CC1C3. The van der Waals surface area contributed by atoms with Gasteiger partial charge in [-0.1, -0.05) is 92.6 Å². The van der Waals surface area contributed by atoms with Crippen LogP contribution in [0.15, 0.2) is 175 Å². The van der Waals surface area contributed by atoms with Crippen molar-refractivity contribution in [3.8, 4) is 11.5 Å². The van der Waals surface area contributed by atoms with E-state index in [0.717, 1.165) is 101 Å².